The lowest BCUT2D eigenvalue weighted by molar-refractivity contribution is 0.345. The molecule has 0 aromatic carbocycles. The number of nitrogens with one attached hydrogen (secondary N) is 1. The number of hydrogen-bond donors (Lipinski definition) is 1. The van der Waals surface area contributed by atoms with Gasteiger partial charge in [0.15, 0.2) is 0 Å². The molecule has 4 rings (SSSR count). The third-order valence-electron chi connectivity index (χ3n) is 4.22. The van der Waals surface area contributed by atoms with E-state index in [4.69, 9.17) is 0 Å². The second-order valence-electron chi connectivity index (χ2n) is 5.48. The van der Waals surface area contributed by atoms with Gasteiger partial charge in [0.2, 0.25) is 0 Å². The second-order valence-corrected chi connectivity index (χ2v) is 7.41. The lowest BCUT2D eigenvalue weighted by Gasteiger charge is -2.27. The molecule has 17 heavy (non-hydrogen) atoms. The van der Waals surface area contributed by atoms with Gasteiger partial charge in [-0.3, -0.25) is 0 Å². The highest BCUT2D eigenvalue weighted by Crippen LogP contribution is 2.25. The summed E-state index contributed by atoms with van der Waals surface area (Å²) in [5.41, 5.74) is 0. The van der Waals surface area contributed by atoms with E-state index in [9.17, 15) is 8.42 Å². The Labute approximate surface area is 103 Å². The first-order valence-electron chi connectivity index (χ1n) is 6.65. The molecule has 4 aliphatic heterocycles. The predicted octanol–water partition coefficient (Wildman–Crippen LogP) is 0.0108. The first-order valence-corrected chi connectivity index (χ1v) is 8.04. The van der Waals surface area contributed by atoms with E-state index in [0.717, 1.165) is 25.8 Å². The number of rotatable bonds is 2. The Morgan fingerprint density at radius 2 is 1.76 bits per heavy atom. The van der Waals surface area contributed by atoms with Crippen LogP contribution in [0.5, 0.6) is 0 Å². The molecule has 6 heteroatoms. The van der Waals surface area contributed by atoms with Crippen LogP contribution >= 0.6 is 0 Å². The fourth-order valence-electron chi connectivity index (χ4n) is 3.16. The van der Waals surface area contributed by atoms with Crippen molar-refractivity contribution in [2.24, 2.45) is 5.92 Å². The molecule has 4 fully saturated rings. The van der Waals surface area contributed by atoms with Crippen molar-refractivity contribution in [3.05, 3.63) is 0 Å². The molecule has 0 aromatic rings. The Kier molecular flexibility index (Phi) is 3.15. The van der Waals surface area contributed by atoms with Gasteiger partial charge in [0.1, 0.15) is 0 Å². The minimum Gasteiger partial charge on any atom is -0.312 e. The molecule has 1 N–H and O–H groups in total. The normalized spacial score (nSPS) is 36.2. The van der Waals surface area contributed by atoms with Crippen molar-refractivity contribution < 1.29 is 8.42 Å². The van der Waals surface area contributed by atoms with Crippen molar-refractivity contribution in [1.82, 2.24) is 13.9 Å². The summed E-state index contributed by atoms with van der Waals surface area (Å²) in [6.45, 7) is 3.78. The quantitative estimate of drug-likeness (QED) is 0.760. The molecule has 98 valence electrons. The standard InChI is InChI=1S/C11H21N3O2S/c15-17(16,13-5-1-2-6-13)14-8-10-3-4-11(9-14)12-7-10/h10-12H,1-9H2/t10-,11-/m0/s1. The van der Waals surface area contributed by atoms with Crippen LogP contribution in [0.4, 0.5) is 0 Å². The second kappa shape index (κ2) is 4.50. The molecular weight excluding hydrogens is 238 g/mol. The van der Waals surface area contributed by atoms with E-state index in [1.165, 1.54) is 6.42 Å². The SMILES string of the molecule is O=S(=O)(N1CCCC1)N1C[C@H]2CC[C@@H](C1)NC2. The van der Waals surface area contributed by atoms with E-state index in [1.54, 1.807) is 8.61 Å². The van der Waals surface area contributed by atoms with Crippen LogP contribution in [-0.2, 0) is 10.2 Å². The summed E-state index contributed by atoms with van der Waals surface area (Å²) in [6, 6.07) is 0.367. The van der Waals surface area contributed by atoms with Crippen LogP contribution in [0, 0.1) is 5.92 Å². The van der Waals surface area contributed by atoms with Crippen LogP contribution in [0.15, 0.2) is 0 Å². The Hall–Kier alpha value is -0.170. The fourth-order valence-corrected chi connectivity index (χ4v) is 4.98. The van der Waals surface area contributed by atoms with Crippen LogP contribution in [0.1, 0.15) is 25.7 Å². The van der Waals surface area contributed by atoms with Crippen molar-refractivity contribution in [3.8, 4) is 0 Å². The van der Waals surface area contributed by atoms with Crippen molar-refractivity contribution in [2.45, 2.75) is 31.7 Å². The summed E-state index contributed by atoms with van der Waals surface area (Å²) in [6.07, 6.45) is 4.32. The van der Waals surface area contributed by atoms with E-state index in [1.807, 2.05) is 0 Å². The van der Waals surface area contributed by atoms with Gasteiger partial charge in [-0.15, -0.1) is 0 Å². The molecular formula is C11H21N3O2S. The smallest absolute Gasteiger partial charge is 0.282 e. The molecule has 4 saturated heterocycles. The maximum Gasteiger partial charge on any atom is 0.282 e. The minimum absolute atomic E-state index is 0.367. The van der Waals surface area contributed by atoms with Crippen molar-refractivity contribution in [1.29, 1.82) is 0 Å². The number of fused-ring (bicyclic) bond motifs is 4. The summed E-state index contributed by atoms with van der Waals surface area (Å²) in [7, 11) is -3.18. The van der Waals surface area contributed by atoms with Gasteiger partial charge in [-0.1, -0.05) is 0 Å². The fraction of sp³-hybridized carbons (Fsp3) is 1.00. The Morgan fingerprint density at radius 3 is 2.41 bits per heavy atom. The Bertz CT molecular complexity index is 356. The van der Waals surface area contributed by atoms with Crippen molar-refractivity contribution >= 4 is 10.2 Å². The zero-order valence-electron chi connectivity index (χ0n) is 10.1. The predicted molar refractivity (Wildman–Crippen MR) is 65.8 cm³/mol. The Morgan fingerprint density at radius 1 is 1.00 bits per heavy atom. The largest absolute Gasteiger partial charge is 0.312 e. The van der Waals surface area contributed by atoms with Gasteiger partial charge >= 0.3 is 0 Å². The van der Waals surface area contributed by atoms with Gasteiger partial charge in [0, 0.05) is 32.2 Å². The van der Waals surface area contributed by atoms with Gasteiger partial charge in [0.05, 0.1) is 0 Å². The molecule has 2 atom stereocenters. The van der Waals surface area contributed by atoms with Crippen LogP contribution < -0.4 is 5.32 Å². The molecule has 4 aliphatic rings. The topological polar surface area (TPSA) is 52.7 Å². The van der Waals surface area contributed by atoms with Gasteiger partial charge in [0.25, 0.3) is 10.2 Å². The van der Waals surface area contributed by atoms with E-state index >= 15 is 0 Å². The summed E-state index contributed by atoms with van der Waals surface area (Å²) in [4.78, 5) is 0. The summed E-state index contributed by atoms with van der Waals surface area (Å²) < 4.78 is 28.4. The maximum atomic E-state index is 12.5. The third kappa shape index (κ3) is 2.23. The summed E-state index contributed by atoms with van der Waals surface area (Å²) >= 11 is 0. The highest BCUT2D eigenvalue weighted by Gasteiger charge is 2.38. The van der Waals surface area contributed by atoms with Crippen LogP contribution in [0.2, 0.25) is 0 Å². The molecule has 0 aromatic heterocycles. The molecule has 0 radical (unpaired) electrons. The van der Waals surface area contributed by atoms with E-state index in [-0.39, 0.29) is 0 Å². The lowest BCUT2D eigenvalue weighted by Crippen LogP contribution is -2.46. The number of piperidine rings is 1. The molecule has 5 nitrogen and oxygen atoms in total. The van der Waals surface area contributed by atoms with Crippen molar-refractivity contribution in [2.75, 3.05) is 32.7 Å². The highest BCUT2D eigenvalue weighted by molar-refractivity contribution is 7.86. The Balaban J connectivity index is 1.78. The minimum atomic E-state index is -3.18. The molecule has 0 spiro atoms. The van der Waals surface area contributed by atoms with Gasteiger partial charge in [-0.25, -0.2) is 0 Å². The zero-order chi connectivity index (χ0) is 11.9. The number of nitrogens with zero attached hydrogens (tertiary/aromatic N) is 2. The van der Waals surface area contributed by atoms with Gasteiger partial charge in [-0.05, 0) is 38.1 Å². The molecule has 0 saturated carbocycles. The van der Waals surface area contributed by atoms with Gasteiger partial charge in [-0.2, -0.15) is 17.0 Å². The maximum absolute atomic E-state index is 12.5. The van der Waals surface area contributed by atoms with Crippen LogP contribution in [-0.4, -0.2) is 55.8 Å². The van der Waals surface area contributed by atoms with Crippen LogP contribution in [0.25, 0.3) is 0 Å². The summed E-state index contributed by atoms with van der Waals surface area (Å²) in [5, 5.41) is 3.45. The monoisotopic (exact) mass is 259 g/mol. The number of hydrogen-bond acceptors (Lipinski definition) is 3. The molecule has 4 heterocycles. The van der Waals surface area contributed by atoms with E-state index in [0.29, 0.717) is 38.1 Å². The zero-order valence-corrected chi connectivity index (χ0v) is 11.0. The molecule has 0 aliphatic carbocycles. The third-order valence-corrected chi connectivity index (χ3v) is 6.19. The first-order chi connectivity index (χ1) is 8.16. The van der Waals surface area contributed by atoms with Gasteiger partial charge < -0.3 is 5.32 Å². The average molecular weight is 259 g/mol. The van der Waals surface area contributed by atoms with E-state index < -0.39 is 10.2 Å². The lowest BCUT2D eigenvalue weighted by atomic mass is 9.97. The highest BCUT2D eigenvalue weighted by atomic mass is 32.2. The molecule has 2 bridgehead atoms. The molecule has 0 unspecified atom stereocenters. The van der Waals surface area contributed by atoms with E-state index in [2.05, 4.69) is 5.32 Å². The first kappa shape index (κ1) is 11.9. The van der Waals surface area contributed by atoms with Crippen molar-refractivity contribution in [3.63, 3.8) is 0 Å². The average Bonchev–Trinajstić information content (AvgIpc) is 2.69. The van der Waals surface area contributed by atoms with Crippen LogP contribution in [0.3, 0.4) is 0 Å². The summed E-state index contributed by atoms with van der Waals surface area (Å²) in [5.74, 6) is 0.506. The molecule has 0 amide bonds.